The Morgan fingerprint density at radius 1 is 1.10 bits per heavy atom. The average Bonchev–Trinajstić information content (AvgIpc) is 3.19. The van der Waals surface area contributed by atoms with Crippen LogP contribution in [0.25, 0.3) is 16.9 Å². The van der Waals surface area contributed by atoms with Crippen LogP contribution < -0.4 is 79.2 Å². The molecule has 0 saturated carbocycles. The zero-order valence-electron chi connectivity index (χ0n) is 23.2. The molecule has 0 unspecified atom stereocenters. The number of rotatable bonds is 8. The van der Waals surface area contributed by atoms with Crippen LogP contribution in [0.4, 0.5) is 0 Å². The van der Waals surface area contributed by atoms with E-state index >= 15 is 0 Å². The number of imidazole rings is 1. The van der Waals surface area contributed by atoms with Gasteiger partial charge in [-0.05, 0) is 45.0 Å². The molecule has 0 amide bonds. The number of hydrogen-bond acceptors (Lipinski definition) is 10. The first-order chi connectivity index (χ1) is 18.3. The molecule has 3 aromatic rings. The summed E-state index contributed by atoms with van der Waals surface area (Å²) in [5.74, 6) is 1.38. The number of fused-ring (bicyclic) bond motifs is 1. The molecule has 14 nitrogen and oxygen atoms in total. The molecule has 0 aliphatic carbocycles. The standard InChI is InChI=1S/C23H32N6O4S.Cs.H2O4S/c1-5-8-20-24-16(4)21-23(30)25-22(26-29(20)21)18-15-17(9-10-19(18)33-7-3)34(31,32)28-13-11-27(6-2)12-14-28;;1-5(2,3)4/h9-10,15H,5-8,11-14H2,1-4H3,(H,25,26,30);;(H2,1,2,3,4)/q;+1;/p-1. The predicted octanol–water partition coefficient (Wildman–Crippen LogP) is -1.92. The van der Waals surface area contributed by atoms with Crippen LogP contribution in [-0.2, 0) is 26.8 Å². The van der Waals surface area contributed by atoms with E-state index in [-0.39, 0.29) is 85.2 Å². The van der Waals surface area contributed by atoms with E-state index in [0.717, 1.165) is 13.0 Å². The van der Waals surface area contributed by atoms with Crippen molar-refractivity contribution in [3.63, 3.8) is 0 Å². The Labute approximate surface area is 292 Å². The predicted molar refractivity (Wildman–Crippen MR) is 142 cm³/mol. The molecule has 17 heteroatoms. The Bertz CT molecular complexity index is 1570. The van der Waals surface area contributed by atoms with Gasteiger partial charge in [-0.2, -0.15) is 4.31 Å². The van der Waals surface area contributed by atoms with Gasteiger partial charge in [-0.15, -0.1) is 5.10 Å². The zero-order valence-corrected chi connectivity index (χ0v) is 31.2. The molecule has 4 rings (SSSR count). The van der Waals surface area contributed by atoms with Gasteiger partial charge in [-0.25, -0.2) is 26.3 Å². The van der Waals surface area contributed by atoms with Crippen LogP contribution in [0.1, 0.15) is 38.7 Å². The first kappa shape index (κ1) is 35.4. The normalized spacial score (nSPS) is 14.8. The summed E-state index contributed by atoms with van der Waals surface area (Å²) in [6.45, 7) is 11.3. The first-order valence-electron chi connectivity index (χ1n) is 12.5. The van der Waals surface area contributed by atoms with Crippen molar-refractivity contribution >= 4 is 25.9 Å². The number of aryl methyl sites for hydroxylation is 2. The SMILES string of the molecule is CCCc1nc(C)c2c(=O)[nH]c(-c3cc(S(=O)(=O)N4CCN(CC)CC4)ccc3OCC)nn12.O=S(=O)([O-])O.[Cs+]. The van der Waals surface area contributed by atoms with Crippen LogP contribution in [0.3, 0.4) is 0 Å². The third-order valence-electron chi connectivity index (χ3n) is 6.14. The molecule has 0 atom stereocenters. The van der Waals surface area contributed by atoms with Gasteiger partial charge in [0.25, 0.3) is 5.56 Å². The van der Waals surface area contributed by atoms with Gasteiger partial charge in [0, 0.05) is 32.6 Å². The number of likely N-dealkylation sites (N-methyl/N-ethyl adjacent to an activating group) is 1. The summed E-state index contributed by atoms with van der Waals surface area (Å²) in [6.07, 6.45) is 1.52. The van der Waals surface area contributed by atoms with E-state index in [0.29, 0.717) is 67.6 Å². The molecule has 0 radical (unpaired) electrons. The summed E-state index contributed by atoms with van der Waals surface area (Å²) in [5, 5.41) is 4.65. The van der Waals surface area contributed by atoms with Crippen molar-refractivity contribution < 1.29 is 99.6 Å². The number of hydrogen-bond donors (Lipinski definition) is 2. The summed E-state index contributed by atoms with van der Waals surface area (Å²) < 4.78 is 68.5. The third-order valence-corrected chi connectivity index (χ3v) is 8.03. The Morgan fingerprint density at radius 3 is 2.27 bits per heavy atom. The van der Waals surface area contributed by atoms with Gasteiger partial charge in [0.05, 0.1) is 22.8 Å². The number of piperazine rings is 1. The largest absolute Gasteiger partial charge is 1.00 e. The van der Waals surface area contributed by atoms with Gasteiger partial charge in [0.15, 0.2) is 11.3 Å². The van der Waals surface area contributed by atoms with Gasteiger partial charge in [0.2, 0.25) is 20.4 Å². The van der Waals surface area contributed by atoms with Crippen LogP contribution >= 0.6 is 0 Å². The maximum atomic E-state index is 13.4. The van der Waals surface area contributed by atoms with Crippen LogP contribution in [0.5, 0.6) is 5.75 Å². The molecule has 1 aliphatic rings. The maximum absolute atomic E-state index is 13.4. The first-order valence-corrected chi connectivity index (χ1v) is 15.3. The quantitative estimate of drug-likeness (QED) is 0.195. The molecular weight excluding hydrogens is 685 g/mol. The van der Waals surface area contributed by atoms with Gasteiger partial charge < -0.3 is 19.2 Å². The topological polar surface area (TPSA) is 190 Å². The number of nitrogens with zero attached hydrogens (tertiary/aromatic N) is 5. The number of ether oxygens (including phenoxy) is 1. The maximum Gasteiger partial charge on any atom is 1.00 e. The van der Waals surface area contributed by atoms with Gasteiger partial charge in [-0.1, -0.05) is 13.8 Å². The summed E-state index contributed by atoms with van der Waals surface area (Å²) in [6, 6.07) is 4.72. The van der Waals surface area contributed by atoms with Crippen molar-refractivity contribution in [2.24, 2.45) is 0 Å². The van der Waals surface area contributed by atoms with Crippen molar-refractivity contribution in [2.45, 2.75) is 45.4 Å². The number of H-pyrrole nitrogens is 1. The number of nitrogens with one attached hydrogen (secondary N) is 1. The second-order valence-electron chi connectivity index (χ2n) is 8.78. The Morgan fingerprint density at radius 2 is 1.73 bits per heavy atom. The minimum absolute atomic E-state index is 0. The Kier molecular flexibility index (Phi) is 13.3. The van der Waals surface area contributed by atoms with E-state index in [4.69, 9.17) is 22.3 Å². The van der Waals surface area contributed by atoms with Gasteiger partial charge in [0.1, 0.15) is 11.6 Å². The molecule has 0 spiro atoms. The molecule has 216 valence electrons. The van der Waals surface area contributed by atoms with Crippen molar-refractivity contribution in [1.29, 1.82) is 0 Å². The molecular formula is C23H33CsN6O8S2. The molecule has 2 N–H and O–H groups in total. The number of aromatic nitrogens is 4. The van der Waals surface area contributed by atoms with Gasteiger partial charge in [-0.3, -0.25) is 9.35 Å². The van der Waals surface area contributed by atoms with E-state index in [2.05, 4.69) is 26.9 Å². The monoisotopic (exact) mass is 718 g/mol. The smallest absolute Gasteiger partial charge is 0.726 e. The summed E-state index contributed by atoms with van der Waals surface area (Å²) in [4.78, 5) is 22.6. The molecule has 3 heterocycles. The van der Waals surface area contributed by atoms with Crippen LogP contribution in [0.2, 0.25) is 0 Å². The van der Waals surface area contributed by atoms with Crippen molar-refractivity contribution in [1.82, 2.24) is 28.8 Å². The van der Waals surface area contributed by atoms with E-state index in [9.17, 15) is 13.2 Å². The fourth-order valence-electron chi connectivity index (χ4n) is 4.31. The molecule has 2 aromatic heterocycles. The number of aromatic amines is 1. The van der Waals surface area contributed by atoms with E-state index in [1.165, 1.54) is 4.31 Å². The van der Waals surface area contributed by atoms with Crippen LogP contribution in [0.15, 0.2) is 27.9 Å². The number of sulfonamides is 1. The summed E-state index contributed by atoms with van der Waals surface area (Å²) in [7, 11) is -8.63. The Hall–Kier alpha value is -0.838. The van der Waals surface area contributed by atoms with Crippen molar-refractivity contribution in [3.8, 4) is 17.1 Å². The third kappa shape index (κ3) is 8.84. The van der Waals surface area contributed by atoms with Crippen LogP contribution in [0, 0.1) is 6.92 Å². The molecule has 40 heavy (non-hydrogen) atoms. The van der Waals surface area contributed by atoms with Crippen molar-refractivity contribution in [2.75, 3.05) is 39.3 Å². The summed E-state index contributed by atoms with van der Waals surface area (Å²) in [5.41, 5.74) is 1.09. The molecule has 1 aromatic carbocycles. The second kappa shape index (κ2) is 15.1. The molecule has 1 fully saturated rings. The van der Waals surface area contributed by atoms with E-state index in [1.807, 2.05) is 13.8 Å². The van der Waals surface area contributed by atoms with E-state index in [1.54, 1.807) is 29.6 Å². The number of benzene rings is 1. The average molecular weight is 719 g/mol. The second-order valence-corrected chi connectivity index (χ2v) is 11.6. The molecule has 1 saturated heterocycles. The molecule has 1 aliphatic heterocycles. The zero-order chi connectivity index (χ0) is 29.0. The fourth-order valence-corrected chi connectivity index (χ4v) is 5.76. The van der Waals surface area contributed by atoms with Gasteiger partial charge >= 0.3 is 68.9 Å². The van der Waals surface area contributed by atoms with E-state index < -0.39 is 20.4 Å². The molecule has 0 bridgehead atoms. The summed E-state index contributed by atoms with van der Waals surface area (Å²) >= 11 is 0. The fraction of sp³-hybridized carbons (Fsp3) is 0.522. The minimum atomic E-state index is -4.92. The van der Waals surface area contributed by atoms with Crippen LogP contribution in [-0.4, -0.2) is 94.1 Å². The minimum Gasteiger partial charge on any atom is -0.726 e. The Balaban J connectivity index is 0.000000858. The van der Waals surface area contributed by atoms with Crippen molar-refractivity contribution in [3.05, 3.63) is 40.1 Å².